The molecule has 3 aromatic carbocycles. The van der Waals surface area contributed by atoms with Gasteiger partial charge in [-0.05, 0) is 97.0 Å². The quantitative estimate of drug-likeness (QED) is 0.0697. The molecule has 0 saturated heterocycles. The van der Waals surface area contributed by atoms with Gasteiger partial charge in [-0.1, -0.05) is 139 Å². The molecule has 1 aliphatic rings. The summed E-state index contributed by atoms with van der Waals surface area (Å²) < 4.78 is 11.6. The van der Waals surface area contributed by atoms with Gasteiger partial charge in [0.1, 0.15) is 11.5 Å². The molecule has 0 radical (unpaired) electrons. The number of benzene rings is 3. The zero-order valence-electron chi connectivity index (χ0n) is 28.5. The highest BCUT2D eigenvalue weighted by Crippen LogP contribution is 2.40. The van der Waals surface area contributed by atoms with Crippen molar-refractivity contribution < 1.29 is 14.3 Å². The number of ether oxygens (including phenoxy) is 2. The molecule has 0 unspecified atom stereocenters. The van der Waals surface area contributed by atoms with Crippen molar-refractivity contribution in [1.82, 2.24) is 0 Å². The Morgan fingerprint density at radius 2 is 1.20 bits per heavy atom. The van der Waals surface area contributed by atoms with Crippen LogP contribution >= 0.6 is 11.6 Å². The summed E-state index contributed by atoms with van der Waals surface area (Å²) >= 11 is 6.74. The number of hydrogen-bond donors (Lipinski definition) is 0. The van der Waals surface area contributed by atoms with Gasteiger partial charge in [0.15, 0.2) is 0 Å². The number of hydrogen-bond acceptors (Lipinski definition) is 3. The molecule has 46 heavy (non-hydrogen) atoms. The van der Waals surface area contributed by atoms with Crippen molar-refractivity contribution in [3.05, 3.63) is 82.9 Å². The van der Waals surface area contributed by atoms with Gasteiger partial charge in [-0.25, -0.2) is 4.79 Å². The Kier molecular flexibility index (Phi) is 16.0. The molecule has 3 aromatic rings. The molecular weight excluding hydrogens is 588 g/mol. The molecule has 0 heterocycles. The summed E-state index contributed by atoms with van der Waals surface area (Å²) in [7, 11) is 0. The Morgan fingerprint density at radius 3 is 1.78 bits per heavy atom. The molecule has 4 heteroatoms. The van der Waals surface area contributed by atoms with Gasteiger partial charge < -0.3 is 9.47 Å². The first-order valence-electron chi connectivity index (χ1n) is 18.4. The molecule has 0 atom stereocenters. The van der Waals surface area contributed by atoms with Gasteiger partial charge in [0.25, 0.3) is 0 Å². The van der Waals surface area contributed by atoms with Crippen LogP contribution in [0.3, 0.4) is 0 Å². The van der Waals surface area contributed by atoms with Crippen LogP contribution in [0.5, 0.6) is 11.5 Å². The topological polar surface area (TPSA) is 35.5 Å². The molecule has 1 saturated carbocycles. The van der Waals surface area contributed by atoms with Crippen molar-refractivity contribution in [2.24, 2.45) is 5.92 Å². The van der Waals surface area contributed by atoms with Crippen LogP contribution in [0, 0.1) is 5.92 Å². The smallest absolute Gasteiger partial charge is 0.343 e. The fraction of sp³-hybridized carbons (Fsp3) is 0.548. The van der Waals surface area contributed by atoms with Gasteiger partial charge >= 0.3 is 5.97 Å². The van der Waals surface area contributed by atoms with Gasteiger partial charge in [0.2, 0.25) is 0 Å². The van der Waals surface area contributed by atoms with Crippen LogP contribution in [-0.2, 0) is 0 Å². The maximum Gasteiger partial charge on any atom is 0.343 e. The van der Waals surface area contributed by atoms with E-state index in [4.69, 9.17) is 21.1 Å². The van der Waals surface area contributed by atoms with Crippen molar-refractivity contribution >= 4 is 17.6 Å². The molecule has 0 aliphatic heterocycles. The Balaban J connectivity index is 1.19. The van der Waals surface area contributed by atoms with E-state index in [1.165, 1.54) is 115 Å². The molecule has 1 aliphatic carbocycles. The fourth-order valence-corrected chi connectivity index (χ4v) is 7.17. The lowest BCUT2D eigenvalue weighted by Gasteiger charge is -2.29. The van der Waals surface area contributed by atoms with Crippen molar-refractivity contribution in [1.29, 1.82) is 0 Å². The number of esters is 1. The van der Waals surface area contributed by atoms with E-state index in [1.807, 2.05) is 48.5 Å². The molecule has 1 fully saturated rings. The van der Waals surface area contributed by atoms with E-state index in [1.54, 1.807) is 6.07 Å². The summed E-state index contributed by atoms with van der Waals surface area (Å²) in [6, 6.07) is 21.6. The third kappa shape index (κ3) is 12.1. The molecular formula is C42H57ClO3. The first kappa shape index (κ1) is 36.1. The van der Waals surface area contributed by atoms with E-state index in [0.29, 0.717) is 22.3 Å². The third-order valence-corrected chi connectivity index (χ3v) is 10.1. The van der Waals surface area contributed by atoms with Crippen LogP contribution < -0.4 is 9.47 Å². The summed E-state index contributed by atoms with van der Waals surface area (Å²) in [5, 5.41) is 0.680. The normalized spacial score (nSPS) is 16.3. The van der Waals surface area contributed by atoms with Crippen LogP contribution in [-0.4, -0.2) is 12.6 Å². The minimum atomic E-state index is -0.383. The first-order valence-corrected chi connectivity index (χ1v) is 18.8. The van der Waals surface area contributed by atoms with Gasteiger partial charge in [0, 0.05) is 5.02 Å². The molecule has 0 spiro atoms. The van der Waals surface area contributed by atoms with E-state index >= 15 is 0 Å². The van der Waals surface area contributed by atoms with Crippen molar-refractivity contribution in [3.63, 3.8) is 0 Å². The average Bonchev–Trinajstić information content (AvgIpc) is 3.08. The average molecular weight is 645 g/mol. The highest BCUT2D eigenvalue weighted by Gasteiger charge is 2.24. The monoisotopic (exact) mass is 644 g/mol. The molecule has 0 bridgehead atoms. The number of carbonyl (C=O) groups is 1. The predicted molar refractivity (Wildman–Crippen MR) is 194 cm³/mol. The number of rotatable bonds is 20. The second kappa shape index (κ2) is 20.5. The second-order valence-electron chi connectivity index (χ2n) is 13.4. The van der Waals surface area contributed by atoms with E-state index in [9.17, 15) is 4.79 Å². The third-order valence-electron chi connectivity index (χ3n) is 9.76. The summed E-state index contributed by atoms with van der Waals surface area (Å²) in [5.41, 5.74) is 3.82. The number of halogens is 1. The lowest BCUT2D eigenvalue weighted by atomic mass is 9.77. The number of carbonyl (C=O) groups excluding carboxylic acids is 1. The van der Waals surface area contributed by atoms with E-state index in [-0.39, 0.29) is 5.97 Å². The van der Waals surface area contributed by atoms with Gasteiger partial charge in [-0.2, -0.15) is 0 Å². The Bertz CT molecular complexity index is 1280. The molecule has 250 valence electrons. The molecule has 3 nitrogen and oxygen atoms in total. The molecule has 0 aromatic heterocycles. The molecule has 0 amide bonds. The highest BCUT2D eigenvalue weighted by molar-refractivity contribution is 6.31. The fourth-order valence-electron chi connectivity index (χ4n) is 6.83. The van der Waals surface area contributed by atoms with Crippen LogP contribution in [0.2, 0.25) is 5.02 Å². The Morgan fingerprint density at radius 1 is 0.652 bits per heavy atom. The maximum absolute atomic E-state index is 13.0. The largest absolute Gasteiger partial charge is 0.494 e. The summed E-state index contributed by atoms with van der Waals surface area (Å²) in [6.45, 7) is 5.30. The minimum absolute atomic E-state index is 0.383. The van der Waals surface area contributed by atoms with Crippen LogP contribution in [0.25, 0.3) is 11.1 Å². The van der Waals surface area contributed by atoms with Crippen LogP contribution in [0.1, 0.15) is 151 Å². The van der Waals surface area contributed by atoms with Crippen LogP contribution in [0.4, 0.5) is 0 Å². The van der Waals surface area contributed by atoms with Crippen molar-refractivity contribution in [2.75, 3.05) is 6.61 Å². The summed E-state index contributed by atoms with van der Waals surface area (Å²) in [6.07, 6.45) is 23.5. The lowest BCUT2D eigenvalue weighted by molar-refractivity contribution is 0.0734. The standard InChI is InChI=1S/C42H57ClO3/c1-3-5-7-9-11-13-15-31-45-38-26-21-34(22-27-38)35-23-28-39(29-24-35)46-42(44)37-25-30-40(41(43)32-37)36-19-17-33(18-20-36)16-14-12-10-8-6-4-2/h21-30,32-33,36H,3-20,31H2,1-2H3. The van der Waals surface area contributed by atoms with E-state index < -0.39 is 0 Å². The van der Waals surface area contributed by atoms with Gasteiger partial charge in [0.05, 0.1) is 12.2 Å². The first-order chi connectivity index (χ1) is 22.6. The zero-order valence-corrected chi connectivity index (χ0v) is 29.3. The second-order valence-corrected chi connectivity index (χ2v) is 13.8. The SMILES string of the molecule is CCCCCCCCCOc1ccc(-c2ccc(OC(=O)c3ccc(C4CCC(CCCCCCCC)CC4)c(Cl)c3)cc2)cc1. The van der Waals surface area contributed by atoms with E-state index in [2.05, 4.69) is 26.0 Å². The van der Waals surface area contributed by atoms with Crippen molar-refractivity contribution in [2.45, 2.75) is 135 Å². The number of unbranched alkanes of at least 4 members (excludes halogenated alkanes) is 11. The van der Waals surface area contributed by atoms with Gasteiger partial charge in [-0.15, -0.1) is 0 Å². The highest BCUT2D eigenvalue weighted by atomic mass is 35.5. The van der Waals surface area contributed by atoms with E-state index in [0.717, 1.165) is 35.8 Å². The summed E-state index contributed by atoms with van der Waals surface area (Å²) in [5.74, 6) is 2.39. The molecule has 0 N–H and O–H groups in total. The minimum Gasteiger partial charge on any atom is -0.494 e. The zero-order chi connectivity index (χ0) is 32.4. The van der Waals surface area contributed by atoms with Gasteiger partial charge in [-0.3, -0.25) is 0 Å². The lowest BCUT2D eigenvalue weighted by Crippen LogP contribution is -2.14. The van der Waals surface area contributed by atoms with Crippen LogP contribution in [0.15, 0.2) is 66.7 Å². The molecule has 4 rings (SSSR count). The van der Waals surface area contributed by atoms with Crippen molar-refractivity contribution in [3.8, 4) is 22.6 Å². The Hall–Kier alpha value is -2.78. The predicted octanol–water partition coefficient (Wildman–Crippen LogP) is 13.4. The summed E-state index contributed by atoms with van der Waals surface area (Å²) in [4.78, 5) is 13.0. The Labute approximate surface area is 284 Å². The maximum atomic E-state index is 13.0.